The molecule has 4 atom stereocenters. The maximum Gasteiger partial charge on any atom is 0.249 e. The van der Waals surface area contributed by atoms with E-state index in [2.05, 4.69) is 32.5 Å². The number of β-lactam (4-membered cyclic amide) rings is 1. The number of carbonyl (C=O) groups excluding carboxylic acids is 2. The van der Waals surface area contributed by atoms with E-state index in [1.165, 1.54) is 12.1 Å². The van der Waals surface area contributed by atoms with Crippen molar-refractivity contribution in [2.24, 2.45) is 5.73 Å². The number of rotatable bonds is 4. The minimum atomic E-state index is -0.868. The number of phenolic OH excluding ortho intramolecular Hbond substituents is 1. The Balaban J connectivity index is 1.69. The van der Waals surface area contributed by atoms with E-state index in [1.54, 1.807) is 23.9 Å². The van der Waals surface area contributed by atoms with Crippen molar-refractivity contribution in [1.82, 2.24) is 10.2 Å². The van der Waals surface area contributed by atoms with Gasteiger partial charge in [-0.1, -0.05) is 20.1 Å². The number of carbonyl (C=O) groups is 2. The molecule has 0 saturated carbocycles. The van der Waals surface area contributed by atoms with Gasteiger partial charge >= 0.3 is 0 Å². The summed E-state index contributed by atoms with van der Waals surface area (Å²) in [6.07, 6.45) is 0. The number of nitrogens with one attached hydrogen (secondary N) is 1. The van der Waals surface area contributed by atoms with Crippen LogP contribution in [0, 0.1) is 0 Å². The lowest BCUT2D eigenvalue weighted by Gasteiger charge is -2.46. The highest BCUT2D eigenvalue weighted by Crippen LogP contribution is 2.59. The summed E-state index contributed by atoms with van der Waals surface area (Å²) in [5.41, 5.74) is 6.60. The third-order valence-corrected chi connectivity index (χ3v) is 8.33. The topological polar surface area (TPSA) is 95.7 Å². The summed E-state index contributed by atoms with van der Waals surface area (Å²) < 4.78 is -0.0198. The van der Waals surface area contributed by atoms with Gasteiger partial charge in [0.1, 0.15) is 23.2 Å². The zero-order valence-corrected chi connectivity index (χ0v) is 16.5. The van der Waals surface area contributed by atoms with Crippen molar-refractivity contribution in [3.8, 4) is 5.75 Å². The highest BCUT2D eigenvalue weighted by Gasteiger charge is 2.62. The van der Waals surface area contributed by atoms with E-state index in [1.807, 2.05) is 4.90 Å². The number of nitrogens with zero attached hydrogens (tertiary/aromatic N) is 1. The minimum Gasteiger partial charge on any atom is -0.508 e. The maximum atomic E-state index is 12.6. The van der Waals surface area contributed by atoms with E-state index in [9.17, 15) is 14.7 Å². The molecule has 3 rings (SSSR count). The van der Waals surface area contributed by atoms with Crippen molar-refractivity contribution in [2.75, 3.05) is 13.3 Å². The number of nitrogens with two attached hydrogens (primary N) is 1. The first kappa shape index (κ1) is 18.5. The smallest absolute Gasteiger partial charge is 0.249 e. The van der Waals surface area contributed by atoms with Gasteiger partial charge in [0.25, 0.3) is 0 Å². The van der Waals surface area contributed by atoms with E-state index in [0.29, 0.717) is 5.56 Å². The first-order valence-electron chi connectivity index (χ1n) is 8.15. The van der Waals surface area contributed by atoms with Crippen LogP contribution in [-0.4, -0.2) is 57.1 Å². The Labute approximate surface area is 153 Å². The average Bonchev–Trinajstić information content (AvgIpc) is 2.80. The summed E-state index contributed by atoms with van der Waals surface area (Å²) in [7, 11) is -0.299. The molecule has 4 unspecified atom stereocenters. The van der Waals surface area contributed by atoms with Crippen molar-refractivity contribution in [3.05, 3.63) is 29.8 Å². The van der Waals surface area contributed by atoms with Gasteiger partial charge in [-0.2, -0.15) is 0 Å². The number of amides is 2. The van der Waals surface area contributed by atoms with Gasteiger partial charge in [0.05, 0.1) is 5.78 Å². The van der Waals surface area contributed by atoms with Crippen LogP contribution in [0.2, 0.25) is 0 Å². The molecule has 25 heavy (non-hydrogen) atoms. The van der Waals surface area contributed by atoms with Crippen LogP contribution in [0.3, 0.4) is 0 Å². The van der Waals surface area contributed by atoms with Crippen LogP contribution in [-0.2, 0) is 9.59 Å². The molecular formula is C17H24N3O3PS. The molecular weight excluding hydrogens is 357 g/mol. The number of hydrogen-bond acceptors (Lipinski definition) is 5. The summed E-state index contributed by atoms with van der Waals surface area (Å²) in [6, 6.07) is 4.82. The summed E-state index contributed by atoms with van der Waals surface area (Å²) in [5.74, 6) is -0.0484. The maximum absolute atomic E-state index is 12.6. The number of aromatic hydroxyl groups is 1. The van der Waals surface area contributed by atoms with Crippen molar-refractivity contribution < 1.29 is 14.7 Å². The van der Waals surface area contributed by atoms with Crippen molar-refractivity contribution in [3.63, 3.8) is 0 Å². The highest BCUT2D eigenvalue weighted by molar-refractivity contribution is 8.02. The summed E-state index contributed by atoms with van der Waals surface area (Å²) in [6.45, 7) is 8.70. The third-order valence-electron chi connectivity index (χ3n) is 4.71. The van der Waals surface area contributed by atoms with E-state index in [0.717, 1.165) is 0 Å². The lowest BCUT2D eigenvalue weighted by Crippen LogP contribution is -2.69. The lowest BCUT2D eigenvalue weighted by atomic mass is 10.0. The highest BCUT2D eigenvalue weighted by atomic mass is 32.2. The molecule has 0 aromatic heterocycles. The summed E-state index contributed by atoms with van der Waals surface area (Å²) >= 11 is 1.75. The molecule has 2 aliphatic heterocycles. The molecule has 2 aliphatic rings. The van der Waals surface area contributed by atoms with Gasteiger partial charge in [-0.15, -0.1) is 11.8 Å². The molecule has 136 valence electrons. The number of hydrogen-bond donors (Lipinski definition) is 3. The van der Waals surface area contributed by atoms with Crippen LogP contribution in [0.4, 0.5) is 0 Å². The van der Waals surface area contributed by atoms with Gasteiger partial charge in [0.15, 0.2) is 0 Å². The quantitative estimate of drug-likeness (QED) is 0.544. The molecule has 0 radical (unpaired) electrons. The fourth-order valence-electron chi connectivity index (χ4n) is 3.66. The second-order valence-corrected chi connectivity index (χ2v) is 11.4. The van der Waals surface area contributed by atoms with Crippen LogP contribution in [0.1, 0.15) is 25.5 Å². The van der Waals surface area contributed by atoms with Crippen LogP contribution in [0.15, 0.2) is 24.3 Å². The first-order valence-corrected chi connectivity index (χ1v) is 11.3. The summed E-state index contributed by atoms with van der Waals surface area (Å²) in [4.78, 5) is 27.0. The predicted molar refractivity (Wildman–Crippen MR) is 102 cm³/mol. The second kappa shape index (κ2) is 6.45. The van der Waals surface area contributed by atoms with Crippen LogP contribution in [0.25, 0.3) is 0 Å². The SMILES string of the molecule is CP(C)C1N2C(=O)C(NC(=O)C(N)c3ccc(O)cc3)C2SC1(C)C. The first-order chi connectivity index (χ1) is 11.6. The zero-order valence-electron chi connectivity index (χ0n) is 14.8. The predicted octanol–water partition coefficient (Wildman–Crippen LogP) is 1.64. The molecule has 4 N–H and O–H groups in total. The molecule has 2 heterocycles. The van der Waals surface area contributed by atoms with Gasteiger partial charge in [0, 0.05) is 4.75 Å². The Morgan fingerprint density at radius 3 is 2.52 bits per heavy atom. The molecule has 0 bridgehead atoms. The van der Waals surface area contributed by atoms with Gasteiger partial charge in [-0.05, 0) is 44.9 Å². The van der Waals surface area contributed by atoms with Gasteiger partial charge in [-0.3, -0.25) is 9.59 Å². The fourth-order valence-corrected chi connectivity index (χ4v) is 8.08. The fraction of sp³-hybridized carbons (Fsp3) is 0.529. The number of fused-ring (bicyclic) bond motifs is 1. The Bertz CT molecular complexity index is 695. The largest absolute Gasteiger partial charge is 0.508 e. The molecule has 0 aliphatic carbocycles. The second-order valence-electron chi connectivity index (χ2n) is 7.25. The van der Waals surface area contributed by atoms with E-state index >= 15 is 0 Å². The van der Waals surface area contributed by atoms with Crippen LogP contribution >= 0.6 is 19.7 Å². The minimum absolute atomic E-state index is 0.0180. The van der Waals surface area contributed by atoms with E-state index in [-0.39, 0.29) is 41.4 Å². The Morgan fingerprint density at radius 2 is 1.96 bits per heavy atom. The average molecular weight is 381 g/mol. The third kappa shape index (κ3) is 3.14. The van der Waals surface area contributed by atoms with Crippen molar-refractivity contribution in [1.29, 1.82) is 0 Å². The number of thioether (sulfide) groups is 1. The molecule has 1 aromatic carbocycles. The number of phenols is 1. The van der Waals surface area contributed by atoms with E-state index in [4.69, 9.17) is 5.73 Å². The molecule has 6 nitrogen and oxygen atoms in total. The summed E-state index contributed by atoms with van der Waals surface area (Å²) in [5, 5.41) is 12.1. The molecule has 2 saturated heterocycles. The van der Waals surface area contributed by atoms with Crippen LogP contribution < -0.4 is 11.1 Å². The zero-order chi connectivity index (χ0) is 18.5. The Hall–Kier alpha value is -1.30. The molecule has 2 amide bonds. The van der Waals surface area contributed by atoms with Gasteiger partial charge < -0.3 is 21.1 Å². The lowest BCUT2D eigenvalue weighted by molar-refractivity contribution is -0.149. The Morgan fingerprint density at radius 1 is 1.36 bits per heavy atom. The van der Waals surface area contributed by atoms with Gasteiger partial charge in [0.2, 0.25) is 11.8 Å². The van der Waals surface area contributed by atoms with Crippen molar-refractivity contribution >= 4 is 31.5 Å². The molecule has 1 aromatic rings. The Kier molecular flexibility index (Phi) is 4.77. The molecule has 2 fully saturated rings. The molecule has 0 spiro atoms. The monoisotopic (exact) mass is 381 g/mol. The van der Waals surface area contributed by atoms with E-state index < -0.39 is 12.1 Å². The van der Waals surface area contributed by atoms with Crippen molar-refractivity contribution in [2.45, 2.75) is 41.8 Å². The number of benzene rings is 1. The van der Waals surface area contributed by atoms with Gasteiger partial charge in [-0.25, -0.2) is 0 Å². The van der Waals surface area contributed by atoms with Crippen LogP contribution in [0.5, 0.6) is 5.75 Å². The normalized spacial score (nSPS) is 28.5. The molecule has 8 heteroatoms. The standard InChI is InChI=1S/C17H24N3O3PS/c1-17(2)16(24(3)4)20-14(23)12(15(20)25-17)19-13(22)11(18)9-5-7-10(21)8-6-9/h5-8,11-12,15-16,21H,18H2,1-4H3,(H,19,22).